The van der Waals surface area contributed by atoms with Crippen LogP contribution in [0.1, 0.15) is 21.9 Å². The number of benzene rings is 1. The van der Waals surface area contributed by atoms with E-state index >= 15 is 0 Å². The Morgan fingerprint density at radius 3 is 2.71 bits per heavy atom. The van der Waals surface area contributed by atoms with Gasteiger partial charge in [0.1, 0.15) is 17.3 Å². The summed E-state index contributed by atoms with van der Waals surface area (Å²) in [7, 11) is 0. The lowest BCUT2D eigenvalue weighted by atomic mass is 10.1. The maximum atomic E-state index is 13.7. The zero-order valence-corrected chi connectivity index (χ0v) is 12.7. The monoisotopic (exact) mass is 346 g/mol. The number of nitrogens with zero attached hydrogens (tertiary/aromatic N) is 2. The SMILES string of the molecule is O=Cc1nc(CCc2ccccc2F)n2c(Br)cccc12. The highest BCUT2D eigenvalue weighted by atomic mass is 79.9. The molecule has 5 heteroatoms. The number of fused-ring (bicyclic) bond motifs is 1. The van der Waals surface area contributed by atoms with Crippen molar-refractivity contribution in [1.29, 1.82) is 0 Å². The van der Waals surface area contributed by atoms with Crippen LogP contribution in [-0.4, -0.2) is 15.7 Å². The molecule has 0 radical (unpaired) electrons. The van der Waals surface area contributed by atoms with Crippen molar-refractivity contribution in [2.75, 3.05) is 0 Å². The Kier molecular flexibility index (Phi) is 3.84. The Labute approximate surface area is 129 Å². The van der Waals surface area contributed by atoms with Crippen molar-refractivity contribution in [1.82, 2.24) is 9.38 Å². The zero-order valence-electron chi connectivity index (χ0n) is 11.1. The number of halogens is 2. The Morgan fingerprint density at radius 2 is 1.95 bits per heavy atom. The predicted octanol–water partition coefficient (Wildman–Crippen LogP) is 3.83. The van der Waals surface area contributed by atoms with Gasteiger partial charge in [-0.1, -0.05) is 24.3 Å². The van der Waals surface area contributed by atoms with Gasteiger partial charge in [-0.3, -0.25) is 9.20 Å². The number of carbonyl (C=O) groups excluding carboxylic acids is 1. The van der Waals surface area contributed by atoms with E-state index in [0.717, 1.165) is 22.2 Å². The van der Waals surface area contributed by atoms with E-state index in [2.05, 4.69) is 20.9 Å². The van der Waals surface area contributed by atoms with Crippen LogP contribution in [0, 0.1) is 5.82 Å². The topological polar surface area (TPSA) is 34.4 Å². The van der Waals surface area contributed by atoms with Crippen molar-refractivity contribution in [3.05, 3.63) is 70.0 Å². The highest BCUT2D eigenvalue weighted by Crippen LogP contribution is 2.20. The fraction of sp³-hybridized carbons (Fsp3) is 0.125. The molecule has 3 rings (SSSR count). The molecular formula is C16H12BrFN2O. The molecule has 2 heterocycles. The Hall–Kier alpha value is -2.01. The van der Waals surface area contributed by atoms with E-state index in [9.17, 15) is 9.18 Å². The molecule has 0 aliphatic carbocycles. The van der Waals surface area contributed by atoms with Gasteiger partial charge in [0.05, 0.1) is 10.1 Å². The van der Waals surface area contributed by atoms with Gasteiger partial charge in [-0.25, -0.2) is 9.37 Å². The summed E-state index contributed by atoms with van der Waals surface area (Å²) in [6, 6.07) is 12.3. The van der Waals surface area contributed by atoms with Crippen LogP contribution in [0.3, 0.4) is 0 Å². The van der Waals surface area contributed by atoms with E-state index in [1.807, 2.05) is 28.7 Å². The molecule has 0 fully saturated rings. The molecule has 0 saturated heterocycles. The van der Waals surface area contributed by atoms with Gasteiger partial charge in [0.25, 0.3) is 0 Å². The van der Waals surface area contributed by atoms with E-state index in [1.54, 1.807) is 12.1 Å². The highest BCUT2D eigenvalue weighted by molar-refractivity contribution is 9.10. The smallest absolute Gasteiger partial charge is 0.170 e. The fourth-order valence-corrected chi connectivity index (χ4v) is 2.94. The van der Waals surface area contributed by atoms with E-state index in [0.29, 0.717) is 24.1 Å². The second-order valence-electron chi connectivity index (χ2n) is 4.69. The molecule has 0 saturated carbocycles. The van der Waals surface area contributed by atoms with Gasteiger partial charge in [0.15, 0.2) is 6.29 Å². The molecule has 21 heavy (non-hydrogen) atoms. The third-order valence-corrected chi connectivity index (χ3v) is 4.02. The first-order valence-corrected chi connectivity index (χ1v) is 7.34. The summed E-state index contributed by atoms with van der Waals surface area (Å²) in [5.41, 5.74) is 1.80. The van der Waals surface area contributed by atoms with Gasteiger partial charge in [-0.15, -0.1) is 0 Å². The Balaban J connectivity index is 1.98. The lowest BCUT2D eigenvalue weighted by Gasteiger charge is -2.05. The molecule has 106 valence electrons. The summed E-state index contributed by atoms with van der Waals surface area (Å²) in [6.07, 6.45) is 1.83. The Bertz CT molecular complexity index is 813. The molecule has 0 N–H and O–H groups in total. The summed E-state index contributed by atoms with van der Waals surface area (Å²) in [5, 5.41) is 0. The molecule has 0 spiro atoms. The standard InChI is InChI=1S/C16H12BrFN2O/c17-15-7-3-6-14-13(10-21)19-16(20(14)15)9-8-11-4-1-2-5-12(11)18/h1-7,10H,8-9H2. The van der Waals surface area contributed by atoms with E-state index < -0.39 is 0 Å². The van der Waals surface area contributed by atoms with Crippen LogP contribution in [0.15, 0.2) is 47.1 Å². The van der Waals surface area contributed by atoms with Crippen LogP contribution in [0.25, 0.3) is 5.52 Å². The van der Waals surface area contributed by atoms with Gasteiger partial charge in [-0.05, 0) is 46.1 Å². The normalized spacial score (nSPS) is 11.0. The van der Waals surface area contributed by atoms with Crippen molar-refractivity contribution < 1.29 is 9.18 Å². The second-order valence-corrected chi connectivity index (χ2v) is 5.50. The quantitative estimate of drug-likeness (QED) is 0.531. The third kappa shape index (κ3) is 2.61. The summed E-state index contributed by atoms with van der Waals surface area (Å²) < 4.78 is 16.4. The second kappa shape index (κ2) is 5.77. The minimum atomic E-state index is -0.215. The van der Waals surface area contributed by atoms with Crippen molar-refractivity contribution in [2.45, 2.75) is 12.8 Å². The van der Waals surface area contributed by atoms with Crippen LogP contribution in [0.4, 0.5) is 4.39 Å². The fourth-order valence-electron chi connectivity index (χ4n) is 2.39. The number of rotatable bonds is 4. The minimum absolute atomic E-state index is 0.215. The zero-order chi connectivity index (χ0) is 14.8. The number of carbonyl (C=O) groups is 1. The first kappa shape index (κ1) is 13.9. The maximum absolute atomic E-state index is 13.7. The number of imidazole rings is 1. The molecule has 1 aromatic carbocycles. The van der Waals surface area contributed by atoms with Gasteiger partial charge in [0, 0.05) is 6.42 Å². The van der Waals surface area contributed by atoms with Crippen molar-refractivity contribution in [3.8, 4) is 0 Å². The van der Waals surface area contributed by atoms with Crippen molar-refractivity contribution in [2.24, 2.45) is 0 Å². The number of hydrogen-bond donors (Lipinski definition) is 0. The van der Waals surface area contributed by atoms with Crippen LogP contribution >= 0.6 is 15.9 Å². The van der Waals surface area contributed by atoms with Gasteiger partial charge in [0.2, 0.25) is 0 Å². The van der Waals surface area contributed by atoms with Gasteiger partial charge >= 0.3 is 0 Å². The van der Waals surface area contributed by atoms with Crippen molar-refractivity contribution in [3.63, 3.8) is 0 Å². The minimum Gasteiger partial charge on any atom is -0.296 e. The first-order valence-electron chi connectivity index (χ1n) is 6.55. The van der Waals surface area contributed by atoms with Crippen molar-refractivity contribution >= 4 is 27.7 Å². The number of pyridine rings is 1. The van der Waals surface area contributed by atoms with Crippen LogP contribution < -0.4 is 0 Å². The summed E-state index contributed by atoms with van der Waals surface area (Å²) in [6.45, 7) is 0. The van der Waals surface area contributed by atoms with E-state index in [1.165, 1.54) is 6.07 Å². The molecule has 0 bridgehead atoms. The average Bonchev–Trinajstić information content (AvgIpc) is 2.86. The molecule has 3 aromatic rings. The number of aryl methyl sites for hydroxylation is 2. The number of hydrogen-bond acceptors (Lipinski definition) is 2. The first-order chi connectivity index (χ1) is 10.2. The molecule has 3 nitrogen and oxygen atoms in total. The summed E-state index contributed by atoms with van der Waals surface area (Å²) in [4.78, 5) is 15.5. The van der Waals surface area contributed by atoms with Crippen LogP contribution in [-0.2, 0) is 12.8 Å². The van der Waals surface area contributed by atoms with Gasteiger partial charge in [-0.2, -0.15) is 0 Å². The largest absolute Gasteiger partial charge is 0.296 e. The molecule has 0 atom stereocenters. The van der Waals surface area contributed by atoms with Gasteiger partial charge < -0.3 is 0 Å². The predicted molar refractivity (Wildman–Crippen MR) is 82.1 cm³/mol. The third-order valence-electron chi connectivity index (χ3n) is 3.40. The van der Waals surface area contributed by atoms with Crippen LogP contribution in [0.2, 0.25) is 0 Å². The maximum Gasteiger partial charge on any atom is 0.170 e. The van der Waals surface area contributed by atoms with E-state index in [-0.39, 0.29) is 5.82 Å². The summed E-state index contributed by atoms with van der Waals surface area (Å²) >= 11 is 3.46. The molecule has 0 aliphatic rings. The number of aldehydes is 1. The number of aromatic nitrogens is 2. The highest BCUT2D eigenvalue weighted by Gasteiger charge is 2.13. The average molecular weight is 347 g/mol. The van der Waals surface area contributed by atoms with Crippen LogP contribution in [0.5, 0.6) is 0 Å². The van der Waals surface area contributed by atoms with E-state index in [4.69, 9.17) is 0 Å². The lowest BCUT2D eigenvalue weighted by molar-refractivity contribution is 0.112. The Morgan fingerprint density at radius 1 is 1.14 bits per heavy atom. The summed E-state index contributed by atoms with van der Waals surface area (Å²) in [5.74, 6) is 0.524. The molecule has 2 aromatic heterocycles. The molecule has 0 amide bonds. The molecular weight excluding hydrogens is 335 g/mol. The molecule has 0 aliphatic heterocycles. The lowest BCUT2D eigenvalue weighted by Crippen LogP contribution is -2.00. The molecule has 0 unspecified atom stereocenters.